The summed E-state index contributed by atoms with van der Waals surface area (Å²) in [5, 5.41) is 12.8. The van der Waals surface area contributed by atoms with Crippen LogP contribution in [0.3, 0.4) is 0 Å². The van der Waals surface area contributed by atoms with Crippen LogP contribution in [0.4, 0.5) is 0 Å². The molecule has 1 atom stereocenters. The van der Waals surface area contributed by atoms with E-state index in [9.17, 15) is 5.11 Å². The van der Waals surface area contributed by atoms with Crippen LogP contribution in [0.15, 0.2) is 48.5 Å². The van der Waals surface area contributed by atoms with E-state index in [0.717, 1.165) is 18.5 Å². The summed E-state index contributed by atoms with van der Waals surface area (Å²) in [6.07, 6.45) is 0.483. The van der Waals surface area contributed by atoms with Gasteiger partial charge in [-0.3, -0.25) is 0 Å². The molecule has 2 aromatic carbocycles. The maximum atomic E-state index is 10.1. The standard InChI is InChI=1S/C17H20ClNO2/c1-21-17-8-7-13(11-15(17)18)9-10-19-12-16(20)14-5-3-2-4-6-14/h2-8,11,16,19-20H,9-10,12H2,1H3/p+1/t16-/m1/s1. The second-order valence-electron chi connectivity index (χ2n) is 4.96. The van der Waals surface area contributed by atoms with E-state index in [1.54, 1.807) is 7.11 Å². The van der Waals surface area contributed by atoms with Crippen molar-refractivity contribution in [3.8, 4) is 5.75 Å². The molecule has 0 aromatic heterocycles. The summed E-state index contributed by atoms with van der Waals surface area (Å²) in [6, 6.07) is 15.6. The van der Waals surface area contributed by atoms with E-state index in [2.05, 4.69) is 5.32 Å². The first-order valence-corrected chi connectivity index (χ1v) is 7.45. The van der Waals surface area contributed by atoms with Crippen molar-refractivity contribution in [2.75, 3.05) is 20.2 Å². The van der Waals surface area contributed by atoms with Crippen LogP contribution in [-0.2, 0) is 6.42 Å². The zero-order chi connectivity index (χ0) is 15.1. The van der Waals surface area contributed by atoms with E-state index in [4.69, 9.17) is 16.3 Å². The minimum absolute atomic E-state index is 0.425. The van der Waals surface area contributed by atoms with E-state index in [1.807, 2.05) is 48.5 Å². The van der Waals surface area contributed by atoms with Crippen LogP contribution in [0.5, 0.6) is 5.75 Å². The summed E-state index contributed by atoms with van der Waals surface area (Å²) in [6.45, 7) is 1.57. The highest BCUT2D eigenvalue weighted by atomic mass is 35.5. The van der Waals surface area contributed by atoms with Crippen molar-refractivity contribution < 1.29 is 15.2 Å². The molecule has 0 aliphatic rings. The number of ether oxygens (including phenoxy) is 1. The monoisotopic (exact) mass is 306 g/mol. The van der Waals surface area contributed by atoms with Gasteiger partial charge in [0.2, 0.25) is 0 Å². The molecule has 0 bridgehead atoms. The molecule has 0 aliphatic heterocycles. The van der Waals surface area contributed by atoms with E-state index in [0.29, 0.717) is 17.3 Å². The van der Waals surface area contributed by atoms with Crippen molar-refractivity contribution in [2.45, 2.75) is 12.5 Å². The summed E-state index contributed by atoms with van der Waals surface area (Å²) in [7, 11) is 1.61. The summed E-state index contributed by atoms with van der Waals surface area (Å²) < 4.78 is 5.13. The Morgan fingerprint density at radius 1 is 1.19 bits per heavy atom. The Bertz CT molecular complexity index is 560. The molecule has 3 N–H and O–H groups in total. The second kappa shape index (κ2) is 8.03. The minimum atomic E-state index is -0.425. The Kier molecular flexibility index (Phi) is 6.05. The van der Waals surface area contributed by atoms with Crippen LogP contribution in [-0.4, -0.2) is 25.3 Å². The van der Waals surface area contributed by atoms with E-state index in [-0.39, 0.29) is 0 Å². The number of methoxy groups -OCH3 is 1. The van der Waals surface area contributed by atoms with Crippen molar-refractivity contribution in [1.82, 2.24) is 0 Å². The largest absolute Gasteiger partial charge is 0.495 e. The predicted octanol–water partition coefficient (Wildman–Crippen LogP) is 2.19. The molecule has 0 aliphatic carbocycles. The van der Waals surface area contributed by atoms with Gasteiger partial charge in [0, 0.05) is 6.42 Å². The van der Waals surface area contributed by atoms with Crippen LogP contribution in [0.25, 0.3) is 0 Å². The number of hydrogen-bond donors (Lipinski definition) is 2. The van der Waals surface area contributed by atoms with Crippen molar-refractivity contribution in [2.24, 2.45) is 0 Å². The SMILES string of the molecule is COc1ccc(CC[NH2+]C[C@@H](O)c2ccccc2)cc1Cl. The Labute approximate surface area is 130 Å². The molecule has 0 fully saturated rings. The average Bonchev–Trinajstić information content (AvgIpc) is 2.52. The zero-order valence-corrected chi connectivity index (χ0v) is 12.9. The first kappa shape index (κ1) is 15.8. The quantitative estimate of drug-likeness (QED) is 0.770. The lowest BCUT2D eigenvalue weighted by Crippen LogP contribution is -2.85. The number of halogens is 1. The number of benzene rings is 2. The van der Waals surface area contributed by atoms with Crippen molar-refractivity contribution in [1.29, 1.82) is 0 Å². The van der Waals surface area contributed by atoms with E-state index < -0.39 is 6.10 Å². The molecule has 4 heteroatoms. The number of aliphatic hydroxyl groups is 1. The predicted molar refractivity (Wildman–Crippen MR) is 84.8 cm³/mol. The molecular weight excluding hydrogens is 286 g/mol. The second-order valence-corrected chi connectivity index (χ2v) is 5.37. The molecule has 2 aromatic rings. The highest BCUT2D eigenvalue weighted by Crippen LogP contribution is 2.24. The molecule has 3 nitrogen and oxygen atoms in total. The van der Waals surface area contributed by atoms with Gasteiger partial charge in [-0.1, -0.05) is 48.0 Å². The van der Waals surface area contributed by atoms with Gasteiger partial charge in [-0.2, -0.15) is 0 Å². The van der Waals surface area contributed by atoms with Crippen molar-refractivity contribution >= 4 is 11.6 Å². The number of quaternary nitrogens is 1. The normalized spacial score (nSPS) is 12.1. The number of rotatable bonds is 7. The lowest BCUT2D eigenvalue weighted by Gasteiger charge is -2.10. The van der Waals surface area contributed by atoms with Gasteiger partial charge >= 0.3 is 0 Å². The van der Waals surface area contributed by atoms with Gasteiger partial charge < -0.3 is 15.2 Å². The third-order valence-corrected chi connectivity index (χ3v) is 3.72. The molecule has 0 amide bonds. The van der Waals surface area contributed by atoms with Crippen molar-refractivity contribution in [3.63, 3.8) is 0 Å². The third kappa shape index (κ3) is 4.74. The smallest absolute Gasteiger partial charge is 0.137 e. The molecule has 0 radical (unpaired) electrons. The Hall–Kier alpha value is -1.55. The van der Waals surface area contributed by atoms with Crippen LogP contribution in [0.2, 0.25) is 5.02 Å². The molecule has 0 unspecified atom stereocenters. The van der Waals surface area contributed by atoms with Gasteiger partial charge in [-0.25, -0.2) is 0 Å². The van der Waals surface area contributed by atoms with E-state index >= 15 is 0 Å². The minimum Gasteiger partial charge on any atom is -0.495 e. The van der Waals surface area contributed by atoms with Crippen LogP contribution in [0, 0.1) is 0 Å². The van der Waals surface area contributed by atoms with Crippen LogP contribution >= 0.6 is 11.6 Å². The molecule has 0 saturated heterocycles. The maximum absolute atomic E-state index is 10.1. The lowest BCUT2D eigenvalue weighted by molar-refractivity contribution is -0.661. The fraction of sp³-hybridized carbons (Fsp3) is 0.294. The van der Waals surface area contributed by atoms with Gasteiger partial charge in [0.05, 0.1) is 18.7 Å². The van der Waals surface area contributed by atoms with Crippen molar-refractivity contribution in [3.05, 3.63) is 64.7 Å². The molecule has 0 heterocycles. The van der Waals surface area contributed by atoms with Gasteiger partial charge in [0.1, 0.15) is 18.4 Å². The summed E-state index contributed by atoms with van der Waals surface area (Å²) in [5.74, 6) is 0.698. The molecular formula is C17H21ClNO2+. The molecule has 0 spiro atoms. The lowest BCUT2D eigenvalue weighted by atomic mass is 10.1. The zero-order valence-electron chi connectivity index (χ0n) is 12.1. The summed E-state index contributed by atoms with van der Waals surface area (Å²) >= 11 is 6.10. The highest BCUT2D eigenvalue weighted by molar-refractivity contribution is 6.32. The summed E-state index contributed by atoms with van der Waals surface area (Å²) in [4.78, 5) is 0. The number of nitrogens with two attached hydrogens (primary N) is 1. The van der Waals surface area contributed by atoms with Gasteiger partial charge in [-0.05, 0) is 23.3 Å². The molecule has 2 rings (SSSR count). The van der Waals surface area contributed by atoms with E-state index in [1.165, 1.54) is 5.56 Å². The van der Waals surface area contributed by atoms with Crippen LogP contribution in [0.1, 0.15) is 17.2 Å². The molecule has 21 heavy (non-hydrogen) atoms. The van der Waals surface area contributed by atoms with Crippen LogP contribution < -0.4 is 10.1 Å². The third-order valence-electron chi connectivity index (χ3n) is 3.43. The first-order chi connectivity index (χ1) is 10.2. The fourth-order valence-corrected chi connectivity index (χ4v) is 2.50. The maximum Gasteiger partial charge on any atom is 0.137 e. The fourth-order valence-electron chi connectivity index (χ4n) is 2.22. The average molecular weight is 307 g/mol. The topological polar surface area (TPSA) is 46.1 Å². The number of aliphatic hydroxyl groups excluding tert-OH is 1. The number of hydrogen-bond acceptors (Lipinski definition) is 2. The van der Waals surface area contributed by atoms with Gasteiger partial charge in [0.15, 0.2) is 0 Å². The Morgan fingerprint density at radius 2 is 1.95 bits per heavy atom. The van der Waals surface area contributed by atoms with Gasteiger partial charge in [-0.15, -0.1) is 0 Å². The molecule has 0 saturated carbocycles. The highest BCUT2D eigenvalue weighted by Gasteiger charge is 2.08. The Morgan fingerprint density at radius 3 is 2.62 bits per heavy atom. The molecule has 112 valence electrons. The summed E-state index contributed by atoms with van der Waals surface area (Å²) in [5.41, 5.74) is 2.13. The Balaban J connectivity index is 1.76. The first-order valence-electron chi connectivity index (χ1n) is 7.08. The van der Waals surface area contributed by atoms with Gasteiger partial charge in [0.25, 0.3) is 0 Å².